The van der Waals surface area contributed by atoms with Gasteiger partial charge in [-0.1, -0.05) is 56.3 Å². The number of carbonyl (C=O) groups is 3. The lowest BCUT2D eigenvalue weighted by Gasteiger charge is -2.20. The van der Waals surface area contributed by atoms with E-state index in [9.17, 15) is 14.4 Å². The van der Waals surface area contributed by atoms with E-state index >= 15 is 0 Å². The van der Waals surface area contributed by atoms with Crippen LogP contribution in [0.1, 0.15) is 77.0 Å². The molecule has 0 radical (unpaired) electrons. The van der Waals surface area contributed by atoms with Gasteiger partial charge < -0.3 is 5.32 Å². The first-order valence-corrected chi connectivity index (χ1v) is 12.2. The zero-order chi connectivity index (χ0) is 23.4. The van der Waals surface area contributed by atoms with E-state index in [2.05, 4.69) is 43.4 Å². The summed E-state index contributed by atoms with van der Waals surface area (Å²) in [6, 6.07) is 19.4. The van der Waals surface area contributed by atoms with Crippen LogP contribution in [0.15, 0.2) is 66.0 Å². The average molecular weight is 461 g/mol. The minimum atomic E-state index is -0.233. The van der Waals surface area contributed by atoms with Crippen molar-refractivity contribution in [1.29, 1.82) is 0 Å². The summed E-state index contributed by atoms with van der Waals surface area (Å²) < 4.78 is 0. The molecule has 1 fully saturated rings. The molecule has 1 aromatic heterocycles. The van der Waals surface area contributed by atoms with Gasteiger partial charge in [0.15, 0.2) is 0 Å². The topological polar surface area (TPSA) is 66.5 Å². The Kier molecular flexibility index (Phi) is 7.04. The van der Waals surface area contributed by atoms with E-state index in [1.54, 1.807) is 35.6 Å². The molecular weight excluding hydrogens is 432 g/mol. The lowest BCUT2D eigenvalue weighted by atomic mass is 9.95. The summed E-state index contributed by atoms with van der Waals surface area (Å²) in [6.07, 6.45) is 1.64. The molecule has 1 N–H and O–H groups in total. The van der Waals surface area contributed by atoms with Crippen LogP contribution in [0.4, 0.5) is 0 Å². The van der Waals surface area contributed by atoms with Gasteiger partial charge in [0.2, 0.25) is 11.8 Å². The summed E-state index contributed by atoms with van der Waals surface area (Å²) in [5.41, 5.74) is 3.70. The van der Waals surface area contributed by atoms with E-state index in [-0.39, 0.29) is 43.1 Å². The Morgan fingerprint density at radius 1 is 0.970 bits per heavy atom. The fraction of sp³-hybridized carbons (Fsp3) is 0.296. The summed E-state index contributed by atoms with van der Waals surface area (Å²) in [4.78, 5) is 39.1. The Morgan fingerprint density at radius 3 is 2.18 bits per heavy atom. The molecule has 0 bridgehead atoms. The Morgan fingerprint density at radius 2 is 1.61 bits per heavy atom. The molecule has 2 unspecified atom stereocenters. The molecule has 1 saturated heterocycles. The number of imide groups is 1. The van der Waals surface area contributed by atoms with Gasteiger partial charge in [0, 0.05) is 23.3 Å². The first kappa shape index (κ1) is 22.9. The molecule has 0 spiro atoms. The van der Waals surface area contributed by atoms with Gasteiger partial charge in [-0.25, -0.2) is 0 Å². The predicted octanol–water partition coefficient (Wildman–Crippen LogP) is 5.43. The molecule has 33 heavy (non-hydrogen) atoms. The van der Waals surface area contributed by atoms with Gasteiger partial charge >= 0.3 is 0 Å². The van der Waals surface area contributed by atoms with Crippen LogP contribution in [0.25, 0.3) is 0 Å². The number of nitrogens with one attached hydrogen (secondary N) is 1. The second-order valence-corrected chi connectivity index (χ2v) is 9.45. The highest BCUT2D eigenvalue weighted by Crippen LogP contribution is 2.28. The van der Waals surface area contributed by atoms with Gasteiger partial charge in [0.05, 0.1) is 12.6 Å². The number of benzene rings is 2. The number of likely N-dealkylation sites (tertiary alicyclic amines) is 1. The number of hydrogen-bond donors (Lipinski definition) is 1. The minimum Gasteiger partial charge on any atom is -0.340 e. The van der Waals surface area contributed by atoms with E-state index in [1.807, 2.05) is 17.5 Å². The molecule has 2 heterocycles. The van der Waals surface area contributed by atoms with E-state index in [4.69, 9.17) is 0 Å². The van der Waals surface area contributed by atoms with Crippen molar-refractivity contribution in [2.45, 2.75) is 51.6 Å². The van der Waals surface area contributed by atoms with Crippen LogP contribution in [0, 0.1) is 0 Å². The fourth-order valence-electron chi connectivity index (χ4n) is 3.98. The lowest BCUT2D eigenvalue weighted by Crippen LogP contribution is -2.29. The molecule has 4 rings (SSSR count). The molecule has 1 aliphatic rings. The number of thiophene rings is 1. The van der Waals surface area contributed by atoms with Crippen molar-refractivity contribution in [3.63, 3.8) is 0 Å². The van der Waals surface area contributed by atoms with Crippen molar-refractivity contribution < 1.29 is 14.4 Å². The summed E-state index contributed by atoms with van der Waals surface area (Å²) in [7, 11) is 0. The van der Waals surface area contributed by atoms with Gasteiger partial charge in [0.25, 0.3) is 5.91 Å². The number of carbonyl (C=O) groups excluding carboxylic acids is 3. The van der Waals surface area contributed by atoms with Crippen LogP contribution in [-0.4, -0.2) is 22.6 Å². The zero-order valence-electron chi connectivity index (χ0n) is 18.9. The second kappa shape index (κ2) is 10.1. The summed E-state index contributed by atoms with van der Waals surface area (Å²) >= 11 is 1.61. The van der Waals surface area contributed by atoms with E-state index in [1.165, 1.54) is 10.5 Å². The van der Waals surface area contributed by atoms with Crippen molar-refractivity contribution in [2.24, 2.45) is 0 Å². The summed E-state index contributed by atoms with van der Waals surface area (Å²) in [6.45, 7) is 4.64. The van der Waals surface area contributed by atoms with Gasteiger partial charge in [-0.05, 0) is 52.6 Å². The first-order valence-electron chi connectivity index (χ1n) is 11.3. The van der Waals surface area contributed by atoms with E-state index in [0.717, 1.165) is 22.4 Å². The van der Waals surface area contributed by atoms with Gasteiger partial charge in [-0.3, -0.25) is 19.3 Å². The lowest BCUT2D eigenvalue weighted by molar-refractivity contribution is -0.139. The Balaban J connectivity index is 1.49. The van der Waals surface area contributed by atoms with Crippen molar-refractivity contribution in [2.75, 3.05) is 0 Å². The highest BCUT2D eigenvalue weighted by molar-refractivity contribution is 7.10. The Labute approximate surface area is 198 Å². The molecule has 170 valence electrons. The van der Waals surface area contributed by atoms with E-state index < -0.39 is 0 Å². The predicted molar refractivity (Wildman–Crippen MR) is 130 cm³/mol. The van der Waals surface area contributed by atoms with Crippen LogP contribution in [0.2, 0.25) is 0 Å². The Hall–Kier alpha value is -3.25. The molecule has 3 aromatic rings. The van der Waals surface area contributed by atoms with Crippen LogP contribution < -0.4 is 5.32 Å². The maximum atomic E-state index is 13.1. The SMILES string of the molecule is CCC(C)c1ccc(C(NC(=O)c2ccc(CN3C(=O)CCC3=O)cc2)c2cccs2)cc1. The molecule has 0 aliphatic carbocycles. The van der Waals surface area contributed by atoms with Crippen molar-refractivity contribution >= 4 is 29.1 Å². The van der Waals surface area contributed by atoms with Crippen molar-refractivity contribution in [3.05, 3.63) is 93.2 Å². The van der Waals surface area contributed by atoms with Gasteiger partial charge in [-0.2, -0.15) is 0 Å². The third-order valence-electron chi connectivity index (χ3n) is 6.27. The van der Waals surface area contributed by atoms with Gasteiger partial charge in [0.1, 0.15) is 0 Å². The Bertz CT molecular complexity index is 1110. The average Bonchev–Trinajstić information content (AvgIpc) is 3.48. The zero-order valence-corrected chi connectivity index (χ0v) is 19.7. The molecular formula is C27H28N2O3S. The van der Waals surface area contributed by atoms with E-state index in [0.29, 0.717) is 11.5 Å². The number of nitrogens with zero attached hydrogens (tertiary/aromatic N) is 1. The molecule has 0 saturated carbocycles. The minimum absolute atomic E-state index is 0.139. The van der Waals surface area contributed by atoms with Crippen LogP contribution in [0.5, 0.6) is 0 Å². The molecule has 2 aromatic carbocycles. The molecule has 6 heteroatoms. The fourth-order valence-corrected chi connectivity index (χ4v) is 4.79. The smallest absolute Gasteiger partial charge is 0.252 e. The maximum Gasteiger partial charge on any atom is 0.252 e. The quantitative estimate of drug-likeness (QED) is 0.456. The number of amides is 3. The number of rotatable bonds is 8. The van der Waals surface area contributed by atoms with Gasteiger partial charge in [-0.15, -0.1) is 11.3 Å². The first-order chi connectivity index (χ1) is 16.0. The maximum absolute atomic E-state index is 13.1. The monoisotopic (exact) mass is 460 g/mol. The third-order valence-corrected chi connectivity index (χ3v) is 7.20. The second-order valence-electron chi connectivity index (χ2n) is 8.47. The standard InChI is InChI=1S/C27H28N2O3S/c1-3-18(2)20-10-12-21(13-11-20)26(23-5-4-16-33-23)28-27(32)22-8-6-19(7-9-22)17-29-24(30)14-15-25(29)31/h4-13,16,18,26H,3,14-15,17H2,1-2H3,(H,28,32). The third kappa shape index (κ3) is 5.22. The normalized spacial score (nSPS) is 15.5. The summed E-state index contributed by atoms with van der Waals surface area (Å²) in [5, 5.41) is 5.19. The summed E-state index contributed by atoms with van der Waals surface area (Å²) in [5.74, 6) is 0.0534. The van der Waals surface area contributed by atoms with Crippen LogP contribution >= 0.6 is 11.3 Å². The highest BCUT2D eigenvalue weighted by Gasteiger charge is 2.28. The molecule has 2 atom stereocenters. The molecule has 3 amide bonds. The van der Waals surface area contributed by atoms with Crippen LogP contribution in [-0.2, 0) is 16.1 Å². The van der Waals surface area contributed by atoms with Crippen molar-refractivity contribution in [1.82, 2.24) is 10.2 Å². The highest BCUT2D eigenvalue weighted by atomic mass is 32.1. The largest absolute Gasteiger partial charge is 0.340 e. The molecule has 5 nitrogen and oxygen atoms in total. The number of hydrogen-bond acceptors (Lipinski definition) is 4. The van der Waals surface area contributed by atoms with Crippen LogP contribution in [0.3, 0.4) is 0 Å². The molecule has 1 aliphatic heterocycles. The van der Waals surface area contributed by atoms with Crippen molar-refractivity contribution in [3.8, 4) is 0 Å².